The SMILES string of the molecule is Cc1ccc(S(=O)C2CCOC3(CCCCC3)C2)c(N)c1. The van der Waals surface area contributed by atoms with Gasteiger partial charge in [-0.25, -0.2) is 0 Å². The van der Waals surface area contributed by atoms with Gasteiger partial charge in [-0.15, -0.1) is 0 Å². The quantitative estimate of drug-likeness (QED) is 0.850. The summed E-state index contributed by atoms with van der Waals surface area (Å²) in [7, 11) is -1.02. The summed E-state index contributed by atoms with van der Waals surface area (Å²) in [5.41, 5.74) is 7.85. The largest absolute Gasteiger partial charge is 0.398 e. The van der Waals surface area contributed by atoms with E-state index < -0.39 is 10.8 Å². The molecule has 2 atom stereocenters. The molecule has 2 unspecified atom stereocenters. The minimum atomic E-state index is -1.02. The van der Waals surface area contributed by atoms with Gasteiger partial charge in [-0.3, -0.25) is 4.21 Å². The van der Waals surface area contributed by atoms with Crippen molar-refractivity contribution in [1.82, 2.24) is 0 Å². The minimum absolute atomic E-state index is 0.00368. The van der Waals surface area contributed by atoms with Gasteiger partial charge in [0.05, 0.1) is 21.3 Å². The molecule has 1 spiro atoms. The molecule has 1 aliphatic carbocycles. The van der Waals surface area contributed by atoms with E-state index in [9.17, 15) is 4.21 Å². The molecule has 116 valence electrons. The normalized spacial score (nSPS) is 26.6. The van der Waals surface area contributed by atoms with Crippen LogP contribution >= 0.6 is 0 Å². The summed E-state index contributed by atoms with van der Waals surface area (Å²) in [6, 6.07) is 5.85. The summed E-state index contributed by atoms with van der Waals surface area (Å²) >= 11 is 0. The first kappa shape index (κ1) is 15.0. The molecule has 0 aromatic heterocycles. The zero-order chi connectivity index (χ0) is 14.9. The van der Waals surface area contributed by atoms with Crippen molar-refractivity contribution < 1.29 is 8.95 Å². The number of ether oxygens (including phenoxy) is 1. The zero-order valence-corrected chi connectivity index (χ0v) is 13.6. The zero-order valence-electron chi connectivity index (χ0n) is 12.8. The average molecular weight is 307 g/mol. The van der Waals surface area contributed by atoms with E-state index in [2.05, 4.69) is 0 Å². The van der Waals surface area contributed by atoms with Gasteiger partial charge >= 0.3 is 0 Å². The van der Waals surface area contributed by atoms with Crippen molar-refractivity contribution in [3.05, 3.63) is 23.8 Å². The fourth-order valence-corrected chi connectivity index (χ4v) is 5.36. The van der Waals surface area contributed by atoms with E-state index in [4.69, 9.17) is 10.5 Å². The second-order valence-electron chi connectivity index (χ2n) is 6.55. The molecule has 2 N–H and O–H groups in total. The van der Waals surface area contributed by atoms with Gasteiger partial charge in [0.25, 0.3) is 0 Å². The summed E-state index contributed by atoms with van der Waals surface area (Å²) in [6.45, 7) is 2.75. The Hall–Kier alpha value is -0.870. The highest BCUT2D eigenvalue weighted by molar-refractivity contribution is 7.85. The Labute approximate surface area is 129 Å². The highest BCUT2D eigenvalue weighted by atomic mass is 32.2. The monoisotopic (exact) mass is 307 g/mol. The van der Waals surface area contributed by atoms with Gasteiger partial charge in [-0.05, 0) is 50.3 Å². The standard InChI is InChI=1S/C17H25NO2S/c1-13-5-6-16(15(18)11-13)21(19)14-7-10-20-17(12-14)8-3-2-4-9-17/h5-6,11,14H,2-4,7-10,12,18H2,1H3. The van der Waals surface area contributed by atoms with E-state index in [0.29, 0.717) is 5.69 Å². The van der Waals surface area contributed by atoms with Crippen LogP contribution in [0.5, 0.6) is 0 Å². The summed E-state index contributed by atoms with van der Waals surface area (Å²) in [4.78, 5) is 0.804. The molecule has 1 aromatic carbocycles. The first-order valence-electron chi connectivity index (χ1n) is 8.00. The smallest absolute Gasteiger partial charge is 0.0694 e. The molecule has 4 heteroatoms. The third kappa shape index (κ3) is 3.16. The number of rotatable bonds is 2. The number of nitrogen functional groups attached to an aromatic ring is 1. The number of aryl methyl sites for hydroxylation is 1. The maximum atomic E-state index is 12.9. The maximum Gasteiger partial charge on any atom is 0.0694 e. The summed E-state index contributed by atoms with van der Waals surface area (Å²) in [6.07, 6.45) is 7.85. The van der Waals surface area contributed by atoms with Gasteiger partial charge in [0.2, 0.25) is 0 Å². The fraction of sp³-hybridized carbons (Fsp3) is 0.647. The van der Waals surface area contributed by atoms with Crippen LogP contribution < -0.4 is 5.73 Å². The van der Waals surface area contributed by atoms with Gasteiger partial charge < -0.3 is 10.5 Å². The summed E-state index contributed by atoms with van der Waals surface area (Å²) < 4.78 is 19.0. The van der Waals surface area contributed by atoms with Gasteiger partial charge in [0, 0.05) is 17.5 Å². The summed E-state index contributed by atoms with van der Waals surface area (Å²) in [5, 5.41) is 0.182. The molecule has 1 heterocycles. The first-order valence-corrected chi connectivity index (χ1v) is 9.22. The van der Waals surface area contributed by atoms with Gasteiger partial charge in [-0.1, -0.05) is 25.3 Å². The van der Waals surface area contributed by atoms with Crippen molar-refractivity contribution in [1.29, 1.82) is 0 Å². The third-order valence-corrected chi connectivity index (χ3v) is 6.71. The van der Waals surface area contributed by atoms with E-state index in [1.54, 1.807) is 0 Å². The molecule has 2 fully saturated rings. The molecule has 1 aliphatic heterocycles. The number of anilines is 1. The molecule has 3 rings (SSSR count). The molecular formula is C17H25NO2S. The molecule has 1 aromatic rings. The van der Waals surface area contributed by atoms with Crippen LogP contribution in [0.3, 0.4) is 0 Å². The Morgan fingerprint density at radius 1 is 1.29 bits per heavy atom. The van der Waals surface area contributed by atoms with Crippen molar-refractivity contribution in [2.24, 2.45) is 0 Å². The molecule has 0 amide bonds. The average Bonchev–Trinajstić information content (AvgIpc) is 2.47. The van der Waals surface area contributed by atoms with E-state index in [-0.39, 0.29) is 10.9 Å². The van der Waals surface area contributed by atoms with E-state index >= 15 is 0 Å². The Morgan fingerprint density at radius 3 is 2.76 bits per heavy atom. The van der Waals surface area contributed by atoms with Crippen LogP contribution in [-0.2, 0) is 15.5 Å². The van der Waals surface area contributed by atoms with E-state index in [1.807, 2.05) is 25.1 Å². The molecule has 0 radical (unpaired) electrons. The second-order valence-corrected chi connectivity index (χ2v) is 8.25. The van der Waals surface area contributed by atoms with E-state index in [0.717, 1.165) is 42.7 Å². The molecule has 1 saturated heterocycles. The lowest BCUT2D eigenvalue weighted by Gasteiger charge is -2.43. The van der Waals surface area contributed by atoms with Crippen LogP contribution in [0, 0.1) is 6.92 Å². The van der Waals surface area contributed by atoms with E-state index in [1.165, 1.54) is 19.3 Å². The number of hydrogen-bond acceptors (Lipinski definition) is 3. The van der Waals surface area contributed by atoms with Crippen LogP contribution in [0.1, 0.15) is 50.5 Å². The van der Waals surface area contributed by atoms with Crippen molar-refractivity contribution in [3.8, 4) is 0 Å². The second kappa shape index (κ2) is 6.09. The van der Waals surface area contributed by atoms with Crippen molar-refractivity contribution >= 4 is 16.5 Å². The van der Waals surface area contributed by atoms with Crippen LogP contribution in [-0.4, -0.2) is 21.7 Å². The Morgan fingerprint density at radius 2 is 2.05 bits per heavy atom. The number of hydrogen-bond donors (Lipinski definition) is 1. The highest BCUT2D eigenvalue weighted by Gasteiger charge is 2.40. The molecule has 21 heavy (non-hydrogen) atoms. The minimum Gasteiger partial charge on any atom is -0.398 e. The van der Waals surface area contributed by atoms with Crippen LogP contribution in [0.25, 0.3) is 0 Å². The number of nitrogens with two attached hydrogens (primary N) is 1. The first-order chi connectivity index (χ1) is 10.1. The Balaban J connectivity index is 1.77. The Kier molecular flexibility index (Phi) is 4.36. The molecule has 3 nitrogen and oxygen atoms in total. The predicted molar refractivity (Wildman–Crippen MR) is 86.8 cm³/mol. The predicted octanol–water partition coefficient (Wildman–Crippen LogP) is 3.57. The lowest BCUT2D eigenvalue weighted by atomic mass is 9.80. The van der Waals surface area contributed by atoms with Crippen LogP contribution in [0.4, 0.5) is 5.69 Å². The van der Waals surface area contributed by atoms with Crippen molar-refractivity contribution in [3.63, 3.8) is 0 Å². The summed E-state index contributed by atoms with van der Waals surface area (Å²) in [5.74, 6) is 0. The fourth-order valence-electron chi connectivity index (χ4n) is 3.74. The van der Waals surface area contributed by atoms with Gasteiger partial charge in [0.15, 0.2) is 0 Å². The van der Waals surface area contributed by atoms with Gasteiger partial charge in [-0.2, -0.15) is 0 Å². The highest BCUT2D eigenvalue weighted by Crippen LogP contribution is 2.41. The molecule has 2 aliphatic rings. The van der Waals surface area contributed by atoms with Crippen LogP contribution in [0.2, 0.25) is 0 Å². The van der Waals surface area contributed by atoms with Crippen molar-refractivity contribution in [2.45, 2.75) is 67.6 Å². The lowest BCUT2D eigenvalue weighted by Crippen LogP contribution is -2.44. The number of benzene rings is 1. The maximum absolute atomic E-state index is 12.9. The Bertz CT molecular complexity index is 532. The van der Waals surface area contributed by atoms with Gasteiger partial charge in [0.1, 0.15) is 0 Å². The van der Waals surface area contributed by atoms with Crippen molar-refractivity contribution in [2.75, 3.05) is 12.3 Å². The third-order valence-electron chi connectivity index (χ3n) is 4.90. The molecular weight excluding hydrogens is 282 g/mol. The topological polar surface area (TPSA) is 52.3 Å². The van der Waals surface area contributed by atoms with Crippen LogP contribution in [0.15, 0.2) is 23.1 Å². The molecule has 1 saturated carbocycles. The molecule has 0 bridgehead atoms. The lowest BCUT2D eigenvalue weighted by molar-refractivity contribution is -0.0975.